The first kappa shape index (κ1) is 18.9. The van der Waals surface area contributed by atoms with E-state index in [2.05, 4.69) is 15.3 Å². The van der Waals surface area contributed by atoms with Crippen molar-refractivity contribution in [3.05, 3.63) is 86.6 Å². The summed E-state index contributed by atoms with van der Waals surface area (Å²) in [5, 5.41) is 14.7. The van der Waals surface area contributed by atoms with Gasteiger partial charge in [0.2, 0.25) is 5.95 Å². The van der Waals surface area contributed by atoms with E-state index in [4.69, 9.17) is 34.8 Å². The van der Waals surface area contributed by atoms with Crippen LogP contribution in [-0.4, -0.2) is 21.6 Å². The van der Waals surface area contributed by atoms with Gasteiger partial charge in [0, 0.05) is 23.0 Å². The maximum atomic E-state index is 10.2. The quantitative estimate of drug-likeness (QED) is 0.552. The molecule has 0 amide bonds. The highest BCUT2D eigenvalue weighted by Gasteiger charge is 2.12. The number of rotatable bonds is 6. The van der Waals surface area contributed by atoms with Crippen LogP contribution in [0.15, 0.2) is 54.6 Å². The lowest BCUT2D eigenvalue weighted by molar-refractivity contribution is 0.191. The Morgan fingerprint density at radius 3 is 2.31 bits per heavy atom. The number of nitrogens with zero attached hydrogens (tertiary/aromatic N) is 2. The van der Waals surface area contributed by atoms with Gasteiger partial charge in [0.25, 0.3) is 0 Å². The number of aliphatic hydroxyl groups excluding tert-OH is 1. The highest BCUT2D eigenvalue weighted by molar-refractivity contribution is 6.36. The average molecular weight is 409 g/mol. The van der Waals surface area contributed by atoms with E-state index >= 15 is 0 Å². The van der Waals surface area contributed by atoms with Crippen molar-refractivity contribution in [2.45, 2.75) is 12.5 Å². The Hall–Kier alpha value is -1.85. The second-order valence-electron chi connectivity index (χ2n) is 5.69. The summed E-state index contributed by atoms with van der Waals surface area (Å²) in [7, 11) is 0. The fourth-order valence-electron chi connectivity index (χ4n) is 2.50. The molecule has 0 bridgehead atoms. The van der Waals surface area contributed by atoms with Crippen molar-refractivity contribution < 1.29 is 5.11 Å². The smallest absolute Gasteiger partial charge is 0.224 e. The standard InChI is InChI=1S/C19H16Cl3N3O/c20-15-7-4-8-16(21)14(15)9-13-10-18(22)25-19(24-13)23-11-17(26)12-5-2-1-3-6-12/h1-8,10,17,26H,9,11H2,(H,23,24,25). The normalized spacial score (nSPS) is 12.0. The molecule has 0 aliphatic rings. The molecule has 2 N–H and O–H groups in total. The topological polar surface area (TPSA) is 58.0 Å². The zero-order chi connectivity index (χ0) is 18.5. The Kier molecular flexibility index (Phi) is 6.33. The Bertz CT molecular complexity index is 870. The third-order valence-corrected chi connectivity index (χ3v) is 4.71. The van der Waals surface area contributed by atoms with E-state index in [0.29, 0.717) is 33.3 Å². The molecule has 0 saturated heterocycles. The van der Waals surface area contributed by atoms with Crippen LogP contribution in [0.5, 0.6) is 0 Å². The van der Waals surface area contributed by atoms with Gasteiger partial charge in [-0.15, -0.1) is 0 Å². The molecule has 1 heterocycles. The van der Waals surface area contributed by atoms with Crippen LogP contribution >= 0.6 is 34.8 Å². The van der Waals surface area contributed by atoms with E-state index in [1.165, 1.54) is 0 Å². The maximum absolute atomic E-state index is 10.2. The maximum Gasteiger partial charge on any atom is 0.224 e. The first-order valence-corrected chi connectivity index (χ1v) is 9.09. The van der Waals surface area contributed by atoms with E-state index in [0.717, 1.165) is 11.1 Å². The van der Waals surface area contributed by atoms with Crippen LogP contribution in [0.2, 0.25) is 15.2 Å². The van der Waals surface area contributed by atoms with E-state index in [9.17, 15) is 5.11 Å². The van der Waals surface area contributed by atoms with E-state index in [-0.39, 0.29) is 6.54 Å². The molecule has 26 heavy (non-hydrogen) atoms. The summed E-state index contributed by atoms with van der Waals surface area (Å²) in [6.45, 7) is 0.261. The zero-order valence-corrected chi connectivity index (χ0v) is 15.9. The van der Waals surface area contributed by atoms with Gasteiger partial charge < -0.3 is 10.4 Å². The molecule has 1 unspecified atom stereocenters. The third-order valence-electron chi connectivity index (χ3n) is 3.81. The van der Waals surface area contributed by atoms with Crippen LogP contribution in [0.4, 0.5) is 5.95 Å². The second-order valence-corrected chi connectivity index (χ2v) is 6.89. The molecule has 134 valence electrons. The van der Waals surface area contributed by atoms with Crippen molar-refractivity contribution in [2.75, 3.05) is 11.9 Å². The Balaban J connectivity index is 1.73. The molecular formula is C19H16Cl3N3O. The highest BCUT2D eigenvalue weighted by atomic mass is 35.5. The van der Waals surface area contributed by atoms with Gasteiger partial charge in [-0.1, -0.05) is 71.2 Å². The number of anilines is 1. The molecule has 0 aliphatic heterocycles. The van der Waals surface area contributed by atoms with E-state index in [1.807, 2.05) is 30.3 Å². The molecule has 3 aromatic rings. The number of hydrogen-bond donors (Lipinski definition) is 2. The van der Waals surface area contributed by atoms with Gasteiger partial charge in [0.15, 0.2) is 0 Å². The molecule has 0 saturated carbocycles. The molecule has 3 rings (SSSR count). The molecule has 0 spiro atoms. The van der Waals surface area contributed by atoms with Crippen molar-refractivity contribution in [1.82, 2.24) is 9.97 Å². The Morgan fingerprint density at radius 2 is 1.62 bits per heavy atom. The van der Waals surface area contributed by atoms with Gasteiger partial charge in [-0.25, -0.2) is 9.97 Å². The zero-order valence-electron chi connectivity index (χ0n) is 13.7. The number of hydrogen-bond acceptors (Lipinski definition) is 4. The monoisotopic (exact) mass is 407 g/mol. The molecule has 7 heteroatoms. The number of benzene rings is 2. The highest BCUT2D eigenvalue weighted by Crippen LogP contribution is 2.27. The molecule has 0 fully saturated rings. The molecular weight excluding hydrogens is 393 g/mol. The van der Waals surface area contributed by atoms with E-state index < -0.39 is 6.10 Å². The lowest BCUT2D eigenvalue weighted by atomic mass is 10.1. The summed E-state index contributed by atoms with van der Waals surface area (Å²) >= 11 is 18.5. The van der Waals surface area contributed by atoms with Gasteiger partial charge in [0.05, 0.1) is 11.8 Å². The minimum Gasteiger partial charge on any atom is -0.387 e. The van der Waals surface area contributed by atoms with Gasteiger partial charge in [-0.05, 0) is 29.3 Å². The largest absolute Gasteiger partial charge is 0.387 e. The first-order chi connectivity index (χ1) is 12.5. The minimum absolute atomic E-state index is 0.261. The van der Waals surface area contributed by atoms with Crippen molar-refractivity contribution in [2.24, 2.45) is 0 Å². The SMILES string of the molecule is OC(CNc1nc(Cl)cc(Cc2c(Cl)cccc2Cl)n1)c1ccccc1. The second kappa shape index (κ2) is 8.69. The van der Waals surface area contributed by atoms with Crippen molar-refractivity contribution >= 4 is 40.8 Å². The van der Waals surface area contributed by atoms with Crippen LogP contribution in [0.1, 0.15) is 22.9 Å². The summed E-state index contributed by atoms with van der Waals surface area (Å²) in [6, 6.07) is 16.4. The average Bonchev–Trinajstić information content (AvgIpc) is 2.63. The third kappa shape index (κ3) is 4.86. The number of aliphatic hydroxyl groups is 1. The summed E-state index contributed by atoms with van der Waals surface area (Å²) in [4.78, 5) is 8.59. The predicted octanol–water partition coefficient (Wildman–Crippen LogP) is 5.17. The number of nitrogens with one attached hydrogen (secondary N) is 1. The lowest BCUT2D eigenvalue weighted by Crippen LogP contribution is -2.14. The van der Waals surface area contributed by atoms with Gasteiger partial charge >= 0.3 is 0 Å². The summed E-state index contributed by atoms with van der Waals surface area (Å²) in [5.41, 5.74) is 2.27. The van der Waals surface area contributed by atoms with Gasteiger partial charge in [-0.3, -0.25) is 0 Å². The van der Waals surface area contributed by atoms with Crippen LogP contribution in [0, 0.1) is 0 Å². The molecule has 1 atom stereocenters. The fraction of sp³-hybridized carbons (Fsp3) is 0.158. The molecule has 0 radical (unpaired) electrons. The Labute approximate surface area is 166 Å². The molecule has 1 aromatic heterocycles. The summed E-state index contributed by atoms with van der Waals surface area (Å²) in [5.74, 6) is 0.339. The van der Waals surface area contributed by atoms with Gasteiger partial charge in [-0.2, -0.15) is 0 Å². The fourth-order valence-corrected chi connectivity index (χ4v) is 3.23. The van der Waals surface area contributed by atoms with Crippen molar-refractivity contribution in [3.63, 3.8) is 0 Å². The molecule has 4 nitrogen and oxygen atoms in total. The van der Waals surface area contributed by atoms with E-state index in [1.54, 1.807) is 24.3 Å². The Morgan fingerprint density at radius 1 is 0.923 bits per heavy atom. The molecule has 2 aromatic carbocycles. The van der Waals surface area contributed by atoms with Crippen molar-refractivity contribution in [1.29, 1.82) is 0 Å². The molecule has 0 aliphatic carbocycles. The number of halogens is 3. The van der Waals surface area contributed by atoms with Gasteiger partial charge in [0.1, 0.15) is 5.15 Å². The lowest BCUT2D eigenvalue weighted by Gasteiger charge is -2.13. The minimum atomic E-state index is -0.680. The number of aromatic nitrogens is 2. The van der Waals surface area contributed by atoms with Crippen LogP contribution in [0.3, 0.4) is 0 Å². The van der Waals surface area contributed by atoms with Crippen molar-refractivity contribution in [3.8, 4) is 0 Å². The van der Waals surface area contributed by atoms with Crippen LogP contribution in [0.25, 0.3) is 0 Å². The predicted molar refractivity (Wildman–Crippen MR) is 106 cm³/mol. The summed E-state index contributed by atoms with van der Waals surface area (Å²) < 4.78 is 0. The van der Waals surface area contributed by atoms with Crippen LogP contribution < -0.4 is 5.32 Å². The van der Waals surface area contributed by atoms with Crippen LogP contribution in [-0.2, 0) is 6.42 Å². The first-order valence-electron chi connectivity index (χ1n) is 7.96. The summed E-state index contributed by atoms with van der Waals surface area (Å²) in [6.07, 6.45) is -0.253.